The zero-order valence-electron chi connectivity index (χ0n) is 8.93. The van der Waals surface area contributed by atoms with E-state index in [9.17, 15) is 8.78 Å². The third-order valence-electron chi connectivity index (χ3n) is 2.58. The third-order valence-corrected chi connectivity index (χ3v) is 3.18. The van der Waals surface area contributed by atoms with Gasteiger partial charge in [0.05, 0.1) is 0 Å². The van der Waals surface area contributed by atoms with Crippen molar-refractivity contribution in [3.05, 3.63) is 35.4 Å². The van der Waals surface area contributed by atoms with Gasteiger partial charge in [0.15, 0.2) is 11.6 Å². The number of benzene rings is 1. The molecule has 0 fully saturated rings. The molecule has 0 aliphatic rings. The number of halogens is 3. The lowest BCUT2D eigenvalue weighted by Crippen LogP contribution is -2.11. The van der Waals surface area contributed by atoms with E-state index in [1.54, 1.807) is 6.07 Å². The molecule has 0 aliphatic carbocycles. The highest BCUT2D eigenvalue weighted by Crippen LogP contribution is 2.29. The van der Waals surface area contributed by atoms with Gasteiger partial charge in [0.2, 0.25) is 0 Å². The normalized spacial score (nSPS) is 15.0. The van der Waals surface area contributed by atoms with Gasteiger partial charge in [-0.15, -0.1) is 11.6 Å². The van der Waals surface area contributed by atoms with Gasteiger partial charge < -0.3 is 0 Å². The Balaban J connectivity index is 2.90. The Labute approximate surface area is 94.3 Å². The second-order valence-corrected chi connectivity index (χ2v) is 4.30. The molecule has 84 valence electrons. The minimum atomic E-state index is -0.806. The van der Waals surface area contributed by atoms with Gasteiger partial charge in [-0.3, -0.25) is 0 Å². The Bertz CT molecular complexity index is 325. The van der Waals surface area contributed by atoms with Crippen LogP contribution in [-0.2, 0) is 0 Å². The maximum atomic E-state index is 13.4. The molecule has 0 heterocycles. The molecule has 0 N–H and O–H groups in total. The number of alkyl halides is 1. The first-order valence-corrected chi connectivity index (χ1v) is 5.59. The lowest BCUT2D eigenvalue weighted by atomic mass is 9.94. The Morgan fingerprint density at radius 2 is 2.00 bits per heavy atom. The minimum Gasteiger partial charge on any atom is -0.204 e. The van der Waals surface area contributed by atoms with Crippen LogP contribution in [0, 0.1) is 11.6 Å². The maximum absolute atomic E-state index is 13.4. The summed E-state index contributed by atoms with van der Waals surface area (Å²) in [5, 5.41) is -0.147. The summed E-state index contributed by atoms with van der Waals surface area (Å²) in [5.74, 6) is -1.74. The fraction of sp³-hybridized carbons (Fsp3) is 0.500. The monoisotopic (exact) mass is 232 g/mol. The number of rotatable bonds is 4. The van der Waals surface area contributed by atoms with Gasteiger partial charge in [-0.25, -0.2) is 8.78 Å². The first kappa shape index (κ1) is 12.4. The number of hydrogen-bond acceptors (Lipinski definition) is 0. The molecule has 0 bridgehead atoms. The van der Waals surface area contributed by atoms with E-state index in [2.05, 4.69) is 0 Å². The quantitative estimate of drug-likeness (QED) is 0.672. The van der Waals surface area contributed by atoms with E-state index in [0.29, 0.717) is 5.56 Å². The summed E-state index contributed by atoms with van der Waals surface area (Å²) in [6, 6.07) is 4.22. The van der Waals surface area contributed by atoms with Gasteiger partial charge in [0, 0.05) is 11.3 Å². The van der Waals surface area contributed by atoms with Crippen LogP contribution in [0.2, 0.25) is 0 Å². The van der Waals surface area contributed by atoms with Crippen LogP contribution in [0.1, 0.15) is 38.2 Å². The molecule has 0 saturated heterocycles. The van der Waals surface area contributed by atoms with E-state index in [0.717, 1.165) is 18.9 Å². The predicted molar refractivity (Wildman–Crippen MR) is 59.3 cm³/mol. The van der Waals surface area contributed by atoms with E-state index >= 15 is 0 Å². The van der Waals surface area contributed by atoms with E-state index in [-0.39, 0.29) is 11.3 Å². The lowest BCUT2D eigenvalue weighted by Gasteiger charge is -2.18. The zero-order chi connectivity index (χ0) is 11.4. The van der Waals surface area contributed by atoms with Gasteiger partial charge in [-0.05, 0) is 18.1 Å². The van der Waals surface area contributed by atoms with Gasteiger partial charge >= 0.3 is 0 Å². The van der Waals surface area contributed by atoms with Crippen molar-refractivity contribution in [1.29, 1.82) is 0 Å². The van der Waals surface area contributed by atoms with Crippen molar-refractivity contribution >= 4 is 11.6 Å². The smallest absolute Gasteiger partial charge is 0.162 e. The molecule has 1 rings (SSSR count). The Morgan fingerprint density at radius 1 is 1.33 bits per heavy atom. The topological polar surface area (TPSA) is 0 Å². The molecule has 0 aromatic heterocycles. The minimum absolute atomic E-state index is 0.147. The summed E-state index contributed by atoms with van der Waals surface area (Å²) in [4.78, 5) is 0. The molecule has 0 spiro atoms. The number of hydrogen-bond donors (Lipinski definition) is 0. The summed E-state index contributed by atoms with van der Waals surface area (Å²) < 4.78 is 26.4. The molecule has 15 heavy (non-hydrogen) atoms. The fourth-order valence-electron chi connectivity index (χ4n) is 1.59. The lowest BCUT2D eigenvalue weighted by molar-refractivity contribution is 0.485. The molecule has 0 saturated carbocycles. The maximum Gasteiger partial charge on any atom is 0.162 e. The molecule has 3 heteroatoms. The van der Waals surface area contributed by atoms with Crippen molar-refractivity contribution in [2.45, 2.75) is 38.0 Å². The Kier molecular flexibility index (Phi) is 4.52. The van der Waals surface area contributed by atoms with E-state index < -0.39 is 11.6 Å². The van der Waals surface area contributed by atoms with Crippen LogP contribution in [0.25, 0.3) is 0 Å². The van der Waals surface area contributed by atoms with Crippen LogP contribution < -0.4 is 0 Å². The van der Waals surface area contributed by atoms with Gasteiger partial charge in [0.25, 0.3) is 0 Å². The van der Waals surface area contributed by atoms with Crippen LogP contribution in [0.5, 0.6) is 0 Å². The summed E-state index contributed by atoms with van der Waals surface area (Å²) in [7, 11) is 0. The second-order valence-electron chi connectivity index (χ2n) is 3.74. The summed E-state index contributed by atoms with van der Waals surface area (Å²) in [6.07, 6.45) is 1.74. The molecule has 2 atom stereocenters. The zero-order valence-corrected chi connectivity index (χ0v) is 9.69. The molecular formula is C12H15ClF2. The van der Waals surface area contributed by atoms with E-state index in [1.165, 1.54) is 6.07 Å². The Hall–Kier alpha value is -0.630. The first-order chi connectivity index (χ1) is 7.07. The van der Waals surface area contributed by atoms with Crippen LogP contribution in [0.3, 0.4) is 0 Å². The predicted octanol–water partition coefficient (Wildman–Crippen LogP) is 4.48. The SMILES string of the molecule is CCCC(Cl)C(C)c1cccc(F)c1F. The van der Waals surface area contributed by atoms with Crippen molar-refractivity contribution in [2.75, 3.05) is 0 Å². The largest absolute Gasteiger partial charge is 0.204 e. The summed E-state index contributed by atoms with van der Waals surface area (Å²) in [6.45, 7) is 3.84. The van der Waals surface area contributed by atoms with Crippen LogP contribution >= 0.6 is 11.6 Å². The molecular weight excluding hydrogens is 218 g/mol. The van der Waals surface area contributed by atoms with E-state index in [4.69, 9.17) is 11.6 Å². The average molecular weight is 233 g/mol. The highest BCUT2D eigenvalue weighted by molar-refractivity contribution is 6.21. The van der Waals surface area contributed by atoms with Gasteiger partial charge in [-0.1, -0.05) is 32.4 Å². The van der Waals surface area contributed by atoms with Crippen LogP contribution in [0.4, 0.5) is 8.78 Å². The Morgan fingerprint density at radius 3 is 2.60 bits per heavy atom. The highest BCUT2D eigenvalue weighted by Gasteiger charge is 2.20. The molecule has 0 amide bonds. The summed E-state index contributed by atoms with van der Waals surface area (Å²) in [5.41, 5.74) is 0.364. The van der Waals surface area contributed by atoms with Crippen molar-refractivity contribution in [1.82, 2.24) is 0 Å². The molecule has 0 aliphatic heterocycles. The second kappa shape index (κ2) is 5.45. The first-order valence-electron chi connectivity index (χ1n) is 5.15. The van der Waals surface area contributed by atoms with Gasteiger partial charge in [0.1, 0.15) is 0 Å². The van der Waals surface area contributed by atoms with Crippen LogP contribution in [0.15, 0.2) is 18.2 Å². The van der Waals surface area contributed by atoms with Crippen molar-refractivity contribution in [3.8, 4) is 0 Å². The van der Waals surface area contributed by atoms with Gasteiger partial charge in [-0.2, -0.15) is 0 Å². The van der Waals surface area contributed by atoms with Crippen LogP contribution in [-0.4, -0.2) is 5.38 Å². The fourth-order valence-corrected chi connectivity index (χ4v) is 1.95. The molecule has 1 aromatic rings. The third kappa shape index (κ3) is 2.91. The molecule has 1 aromatic carbocycles. The van der Waals surface area contributed by atoms with Crippen molar-refractivity contribution in [3.63, 3.8) is 0 Å². The van der Waals surface area contributed by atoms with Crippen molar-refractivity contribution in [2.24, 2.45) is 0 Å². The van der Waals surface area contributed by atoms with E-state index in [1.807, 2.05) is 13.8 Å². The average Bonchev–Trinajstić information content (AvgIpc) is 2.21. The molecule has 0 radical (unpaired) electrons. The molecule has 2 unspecified atom stereocenters. The van der Waals surface area contributed by atoms with Crippen molar-refractivity contribution < 1.29 is 8.78 Å². The highest BCUT2D eigenvalue weighted by atomic mass is 35.5. The summed E-state index contributed by atoms with van der Waals surface area (Å²) >= 11 is 6.10. The standard InChI is InChI=1S/C12H15ClF2/c1-3-5-10(13)8(2)9-6-4-7-11(14)12(9)15/h4,6-8,10H,3,5H2,1-2H3. The molecule has 0 nitrogen and oxygen atoms in total.